The summed E-state index contributed by atoms with van der Waals surface area (Å²) in [4.78, 5) is 9.25. The molecule has 0 unspecified atom stereocenters. The lowest BCUT2D eigenvalue weighted by molar-refractivity contribution is -0.388. The molecule has 0 spiro atoms. The number of halogens is 3. The van der Waals surface area contributed by atoms with Crippen LogP contribution >= 0.6 is 15.9 Å². The van der Waals surface area contributed by atoms with E-state index in [9.17, 15) is 18.9 Å². The van der Waals surface area contributed by atoms with Crippen LogP contribution in [-0.2, 0) is 0 Å². The molecule has 1 aromatic carbocycles. The van der Waals surface area contributed by atoms with Crippen LogP contribution < -0.4 is 0 Å². The standard InChI is InChI=1S/C6H2BrF2NO2.C2H6/c7-4-1-3(8)2-5(9)6(4)10(11)12;1-2/h1-2H;1-2H3. The highest BCUT2D eigenvalue weighted by atomic mass is 79.9. The Bertz CT molecular complexity index is 321. The minimum atomic E-state index is -1.19. The van der Waals surface area contributed by atoms with Crippen molar-refractivity contribution in [3.8, 4) is 0 Å². The zero-order valence-electron chi connectivity index (χ0n) is 7.55. The largest absolute Gasteiger partial charge is 0.319 e. The molecule has 0 fully saturated rings. The van der Waals surface area contributed by atoms with Crippen molar-refractivity contribution in [1.29, 1.82) is 0 Å². The van der Waals surface area contributed by atoms with Gasteiger partial charge >= 0.3 is 5.69 Å². The normalized spacial score (nSPS) is 8.93. The van der Waals surface area contributed by atoms with Crippen molar-refractivity contribution in [1.82, 2.24) is 0 Å². The molecule has 0 N–H and O–H groups in total. The van der Waals surface area contributed by atoms with E-state index in [0.29, 0.717) is 6.07 Å². The van der Waals surface area contributed by atoms with Crippen molar-refractivity contribution in [2.45, 2.75) is 13.8 Å². The van der Waals surface area contributed by atoms with Crippen molar-refractivity contribution in [2.24, 2.45) is 0 Å². The summed E-state index contributed by atoms with van der Waals surface area (Å²) in [5.74, 6) is -2.04. The van der Waals surface area contributed by atoms with E-state index in [1.54, 1.807) is 0 Å². The van der Waals surface area contributed by atoms with Crippen LogP contribution in [0.25, 0.3) is 0 Å². The number of nitro benzene ring substituents is 1. The molecule has 0 bridgehead atoms. The third-order valence-corrected chi connectivity index (χ3v) is 1.77. The summed E-state index contributed by atoms with van der Waals surface area (Å²) in [6.45, 7) is 4.00. The minimum Gasteiger partial charge on any atom is -0.258 e. The summed E-state index contributed by atoms with van der Waals surface area (Å²) in [5, 5.41) is 10.2. The Morgan fingerprint density at radius 3 is 2.21 bits per heavy atom. The monoisotopic (exact) mass is 267 g/mol. The van der Waals surface area contributed by atoms with Crippen LogP contribution in [0.3, 0.4) is 0 Å². The zero-order chi connectivity index (χ0) is 11.3. The highest BCUT2D eigenvalue weighted by Gasteiger charge is 2.19. The van der Waals surface area contributed by atoms with Gasteiger partial charge in [0, 0.05) is 6.07 Å². The summed E-state index contributed by atoms with van der Waals surface area (Å²) >= 11 is 2.68. The average molecular weight is 268 g/mol. The van der Waals surface area contributed by atoms with Gasteiger partial charge in [0.15, 0.2) is 0 Å². The molecule has 1 aromatic rings. The fourth-order valence-corrected chi connectivity index (χ4v) is 1.26. The summed E-state index contributed by atoms with van der Waals surface area (Å²) in [5.41, 5.74) is -0.753. The van der Waals surface area contributed by atoms with E-state index in [1.807, 2.05) is 13.8 Å². The lowest BCUT2D eigenvalue weighted by atomic mass is 10.3. The van der Waals surface area contributed by atoms with Gasteiger partial charge in [-0.1, -0.05) is 13.8 Å². The van der Waals surface area contributed by atoms with Crippen LogP contribution in [0.1, 0.15) is 13.8 Å². The molecule has 0 aliphatic heterocycles. The Kier molecular flexibility index (Phi) is 5.22. The van der Waals surface area contributed by atoms with Crippen LogP contribution in [0.2, 0.25) is 0 Å². The van der Waals surface area contributed by atoms with Crippen LogP contribution in [0.5, 0.6) is 0 Å². The Morgan fingerprint density at radius 1 is 1.36 bits per heavy atom. The summed E-state index contributed by atoms with van der Waals surface area (Å²) in [6, 6.07) is 1.30. The maximum absolute atomic E-state index is 12.7. The van der Waals surface area contributed by atoms with Gasteiger partial charge in [0.2, 0.25) is 5.82 Å². The first-order chi connectivity index (χ1) is 6.52. The van der Waals surface area contributed by atoms with Crippen molar-refractivity contribution in [3.05, 3.63) is 38.4 Å². The van der Waals surface area contributed by atoms with E-state index in [-0.39, 0.29) is 4.47 Å². The fourth-order valence-electron chi connectivity index (χ4n) is 0.709. The molecule has 0 heterocycles. The van der Waals surface area contributed by atoms with Gasteiger partial charge in [0.25, 0.3) is 0 Å². The molecule has 1 rings (SSSR count). The fraction of sp³-hybridized carbons (Fsp3) is 0.250. The van der Waals surface area contributed by atoms with Crippen LogP contribution in [-0.4, -0.2) is 4.92 Å². The summed E-state index contributed by atoms with van der Waals surface area (Å²) in [7, 11) is 0. The molecule has 6 heteroatoms. The number of hydrogen-bond donors (Lipinski definition) is 0. The molecule has 0 aliphatic rings. The smallest absolute Gasteiger partial charge is 0.258 e. The van der Waals surface area contributed by atoms with E-state index in [0.717, 1.165) is 6.07 Å². The van der Waals surface area contributed by atoms with E-state index < -0.39 is 22.2 Å². The Balaban J connectivity index is 0.000000791. The van der Waals surface area contributed by atoms with E-state index in [4.69, 9.17) is 0 Å². The molecular weight excluding hydrogens is 260 g/mol. The second-order valence-corrected chi connectivity index (χ2v) is 2.83. The number of hydrogen-bond acceptors (Lipinski definition) is 2. The van der Waals surface area contributed by atoms with Crippen molar-refractivity contribution in [2.75, 3.05) is 0 Å². The summed E-state index contributed by atoms with van der Waals surface area (Å²) in [6.07, 6.45) is 0. The molecular formula is C8H8BrF2NO2. The van der Waals surface area contributed by atoms with Gasteiger partial charge in [0.05, 0.1) is 4.92 Å². The molecule has 0 aliphatic carbocycles. The minimum absolute atomic E-state index is 0.204. The van der Waals surface area contributed by atoms with E-state index in [2.05, 4.69) is 15.9 Å². The Labute approximate surface area is 88.0 Å². The maximum Gasteiger partial charge on any atom is 0.319 e. The molecule has 0 radical (unpaired) electrons. The third-order valence-electron chi connectivity index (χ3n) is 1.16. The lowest BCUT2D eigenvalue weighted by Crippen LogP contribution is -1.94. The molecule has 0 saturated carbocycles. The van der Waals surface area contributed by atoms with Crippen molar-refractivity contribution >= 4 is 21.6 Å². The van der Waals surface area contributed by atoms with Gasteiger partial charge < -0.3 is 0 Å². The van der Waals surface area contributed by atoms with Crippen molar-refractivity contribution in [3.63, 3.8) is 0 Å². The molecule has 14 heavy (non-hydrogen) atoms. The van der Waals surface area contributed by atoms with E-state index >= 15 is 0 Å². The zero-order valence-corrected chi connectivity index (χ0v) is 9.14. The number of nitrogens with zero attached hydrogens (tertiary/aromatic N) is 1. The summed E-state index contributed by atoms with van der Waals surface area (Å²) < 4.78 is 24.8. The van der Waals surface area contributed by atoms with Gasteiger partial charge in [-0.15, -0.1) is 0 Å². The van der Waals surface area contributed by atoms with Crippen molar-refractivity contribution < 1.29 is 13.7 Å². The second kappa shape index (κ2) is 5.64. The Hall–Kier alpha value is -1.04. The SMILES string of the molecule is CC.O=[N+]([O-])c1c(F)cc(F)cc1Br. The topological polar surface area (TPSA) is 43.1 Å². The number of benzene rings is 1. The van der Waals surface area contributed by atoms with Crippen LogP contribution in [0.15, 0.2) is 16.6 Å². The second-order valence-electron chi connectivity index (χ2n) is 1.98. The lowest BCUT2D eigenvalue weighted by Gasteiger charge is -1.96. The first kappa shape index (κ1) is 13.0. The first-order valence-corrected chi connectivity index (χ1v) is 4.60. The highest BCUT2D eigenvalue weighted by molar-refractivity contribution is 9.10. The van der Waals surface area contributed by atoms with Crippen LogP contribution in [0.4, 0.5) is 14.5 Å². The first-order valence-electron chi connectivity index (χ1n) is 3.81. The Morgan fingerprint density at radius 2 is 1.86 bits per heavy atom. The molecule has 0 amide bonds. The molecule has 0 saturated heterocycles. The van der Waals surface area contributed by atoms with Gasteiger partial charge in [-0.25, -0.2) is 4.39 Å². The average Bonchev–Trinajstić information content (AvgIpc) is 2.04. The van der Waals surface area contributed by atoms with Crippen LogP contribution in [0, 0.1) is 21.7 Å². The number of rotatable bonds is 1. The highest BCUT2D eigenvalue weighted by Crippen LogP contribution is 2.28. The molecule has 78 valence electrons. The maximum atomic E-state index is 12.7. The predicted molar refractivity (Wildman–Crippen MR) is 52.1 cm³/mol. The van der Waals surface area contributed by atoms with Gasteiger partial charge in [-0.3, -0.25) is 10.1 Å². The van der Waals surface area contributed by atoms with Gasteiger partial charge in [0.1, 0.15) is 10.3 Å². The number of nitro groups is 1. The molecule has 0 atom stereocenters. The van der Waals surface area contributed by atoms with Gasteiger partial charge in [-0.05, 0) is 22.0 Å². The third kappa shape index (κ3) is 3.02. The van der Waals surface area contributed by atoms with Gasteiger partial charge in [-0.2, -0.15) is 4.39 Å². The molecule has 3 nitrogen and oxygen atoms in total. The predicted octanol–water partition coefficient (Wildman–Crippen LogP) is 3.66. The quantitative estimate of drug-likeness (QED) is 0.576. The molecule has 0 aromatic heterocycles. The van der Waals surface area contributed by atoms with E-state index in [1.165, 1.54) is 0 Å².